The maximum absolute atomic E-state index is 13.6. The van der Waals surface area contributed by atoms with Crippen LogP contribution in [0.5, 0.6) is 0 Å². The Bertz CT molecular complexity index is 980. The van der Waals surface area contributed by atoms with Gasteiger partial charge in [-0.1, -0.05) is 38.5 Å². The number of ether oxygens (including phenoxy) is 2. The number of nitrogens with zero attached hydrogens (tertiary/aromatic N) is 4. The minimum absolute atomic E-state index is 0.0276. The van der Waals surface area contributed by atoms with E-state index < -0.39 is 11.7 Å². The molecule has 1 aliphatic carbocycles. The Balaban J connectivity index is 1.54. The molecule has 0 saturated heterocycles. The van der Waals surface area contributed by atoms with Gasteiger partial charge in [-0.15, -0.1) is 6.42 Å². The van der Waals surface area contributed by atoms with Crippen LogP contribution in [0.3, 0.4) is 0 Å². The van der Waals surface area contributed by atoms with Crippen molar-refractivity contribution < 1.29 is 18.7 Å². The van der Waals surface area contributed by atoms with Crippen LogP contribution < -0.4 is 5.73 Å². The van der Waals surface area contributed by atoms with E-state index in [1.54, 1.807) is 4.57 Å². The van der Waals surface area contributed by atoms with E-state index in [0.29, 0.717) is 18.5 Å². The maximum Gasteiger partial charge on any atom is 0.312 e. The number of rotatable bonds is 11. The number of hydrogen-bond acceptors (Lipinski definition) is 7. The zero-order valence-electron chi connectivity index (χ0n) is 19.6. The van der Waals surface area contributed by atoms with Crippen molar-refractivity contribution in [3.8, 4) is 12.3 Å². The van der Waals surface area contributed by atoms with Crippen LogP contribution in [0.4, 0.5) is 10.2 Å². The molecular formula is C24H34FN5O3. The highest BCUT2D eigenvalue weighted by molar-refractivity contribution is 5.81. The molecule has 2 aromatic rings. The first-order valence-corrected chi connectivity index (χ1v) is 11.7. The van der Waals surface area contributed by atoms with Crippen molar-refractivity contribution in [2.24, 2.45) is 11.8 Å². The number of anilines is 1. The van der Waals surface area contributed by atoms with E-state index in [0.717, 1.165) is 31.6 Å². The normalized spacial score (nSPS) is 20.3. The number of nitrogen functional groups attached to an aromatic ring is 1. The van der Waals surface area contributed by atoms with Gasteiger partial charge in [-0.25, -0.2) is 4.98 Å². The minimum Gasteiger partial charge on any atom is -0.461 e. The van der Waals surface area contributed by atoms with Gasteiger partial charge in [-0.2, -0.15) is 14.4 Å². The molecular weight excluding hydrogens is 425 g/mol. The summed E-state index contributed by atoms with van der Waals surface area (Å²) in [6.45, 7) is 2.49. The van der Waals surface area contributed by atoms with Gasteiger partial charge in [-0.3, -0.25) is 4.79 Å². The van der Waals surface area contributed by atoms with Gasteiger partial charge in [0.15, 0.2) is 17.1 Å². The monoisotopic (exact) mass is 459 g/mol. The Hall–Kier alpha value is -2.73. The lowest BCUT2D eigenvalue weighted by atomic mass is 9.80. The van der Waals surface area contributed by atoms with E-state index in [2.05, 4.69) is 27.8 Å². The van der Waals surface area contributed by atoms with Crippen LogP contribution in [0.15, 0.2) is 6.33 Å². The molecule has 180 valence electrons. The SMILES string of the molecule is C#CC(CCn1cnc2c(N)nc(F)nc21)(COC(=O)[C@H]1CC[C@H](CCCCC)CC1)OC. The van der Waals surface area contributed by atoms with Gasteiger partial charge < -0.3 is 19.8 Å². The number of carbonyl (C=O) groups excluding carboxylic acids is 1. The van der Waals surface area contributed by atoms with Crippen LogP contribution in [0.2, 0.25) is 0 Å². The quantitative estimate of drug-likeness (QED) is 0.235. The van der Waals surface area contributed by atoms with Crippen LogP contribution in [0.25, 0.3) is 11.2 Å². The van der Waals surface area contributed by atoms with E-state index in [9.17, 15) is 9.18 Å². The number of esters is 1. The standard InChI is InChI=1S/C24H34FN5O3/c1-4-6-7-8-17-9-11-18(12-10-17)22(31)33-15-24(5-2,32-3)13-14-30-16-27-19-20(26)28-23(25)29-21(19)30/h2,16-18H,4,6-15H2,1,3H3,(H2,26,28,29)/t17-,18-,24?. The Morgan fingerprint density at radius 1 is 1.33 bits per heavy atom. The van der Waals surface area contributed by atoms with Crippen molar-refractivity contribution in [2.75, 3.05) is 19.5 Å². The summed E-state index contributed by atoms with van der Waals surface area (Å²) in [5.41, 5.74) is 5.19. The number of unbranched alkanes of at least 4 members (excludes halogenated alkanes) is 2. The summed E-state index contributed by atoms with van der Waals surface area (Å²) in [4.78, 5) is 24.1. The van der Waals surface area contributed by atoms with E-state index in [-0.39, 0.29) is 30.0 Å². The third kappa shape index (κ3) is 6.20. The van der Waals surface area contributed by atoms with Gasteiger partial charge in [0.2, 0.25) is 0 Å². The second-order valence-electron chi connectivity index (χ2n) is 8.90. The number of halogens is 1. The molecule has 2 aromatic heterocycles. The molecule has 0 bridgehead atoms. The highest BCUT2D eigenvalue weighted by atomic mass is 19.1. The number of imidazole rings is 1. The van der Waals surface area contributed by atoms with Crippen molar-refractivity contribution in [2.45, 2.75) is 76.9 Å². The number of methoxy groups -OCH3 is 1. The van der Waals surface area contributed by atoms with Crippen molar-refractivity contribution in [1.82, 2.24) is 19.5 Å². The lowest BCUT2D eigenvalue weighted by Crippen LogP contribution is -2.38. The minimum atomic E-state index is -1.11. The van der Waals surface area contributed by atoms with E-state index in [1.807, 2.05) is 0 Å². The predicted molar refractivity (Wildman–Crippen MR) is 123 cm³/mol. The highest BCUT2D eigenvalue weighted by Gasteiger charge is 2.33. The van der Waals surface area contributed by atoms with E-state index in [4.69, 9.17) is 21.6 Å². The smallest absolute Gasteiger partial charge is 0.312 e. The van der Waals surface area contributed by atoms with Crippen molar-refractivity contribution >= 4 is 23.0 Å². The first kappa shape index (κ1) is 24.9. The van der Waals surface area contributed by atoms with E-state index >= 15 is 0 Å². The highest BCUT2D eigenvalue weighted by Crippen LogP contribution is 2.33. The Morgan fingerprint density at radius 2 is 2.09 bits per heavy atom. The number of nitrogens with two attached hydrogens (primary N) is 1. The topological polar surface area (TPSA) is 105 Å². The number of terminal acetylenes is 1. The van der Waals surface area contributed by atoms with Crippen LogP contribution in [0, 0.1) is 30.3 Å². The molecule has 0 radical (unpaired) electrons. The molecule has 33 heavy (non-hydrogen) atoms. The first-order valence-electron chi connectivity index (χ1n) is 11.7. The predicted octanol–water partition coefficient (Wildman–Crippen LogP) is 3.89. The Labute approximate surface area is 194 Å². The summed E-state index contributed by atoms with van der Waals surface area (Å²) in [5, 5.41) is 0. The Kier molecular flexibility index (Phi) is 8.61. The molecule has 1 saturated carbocycles. The van der Waals surface area contributed by atoms with Gasteiger partial charge in [0.1, 0.15) is 12.1 Å². The largest absolute Gasteiger partial charge is 0.461 e. The van der Waals surface area contributed by atoms with Gasteiger partial charge >= 0.3 is 12.0 Å². The lowest BCUT2D eigenvalue weighted by molar-refractivity contribution is -0.156. The summed E-state index contributed by atoms with van der Waals surface area (Å²) in [7, 11) is 1.49. The van der Waals surface area contributed by atoms with Gasteiger partial charge in [-0.05, 0) is 31.6 Å². The number of carbonyl (C=O) groups is 1. The van der Waals surface area contributed by atoms with Crippen molar-refractivity contribution in [3.63, 3.8) is 0 Å². The fraction of sp³-hybridized carbons (Fsp3) is 0.667. The van der Waals surface area contributed by atoms with Crippen molar-refractivity contribution in [3.05, 3.63) is 12.4 Å². The lowest BCUT2D eigenvalue weighted by Gasteiger charge is -2.30. The van der Waals surface area contributed by atoms with Crippen LogP contribution in [0.1, 0.15) is 64.7 Å². The molecule has 3 rings (SSSR count). The van der Waals surface area contributed by atoms with Gasteiger partial charge in [0, 0.05) is 20.1 Å². The fourth-order valence-corrected chi connectivity index (χ4v) is 4.48. The summed E-state index contributed by atoms with van der Waals surface area (Å²) in [6, 6.07) is 0. The number of hydrogen-bond donors (Lipinski definition) is 1. The molecule has 1 aliphatic rings. The fourth-order valence-electron chi connectivity index (χ4n) is 4.48. The summed E-state index contributed by atoms with van der Waals surface area (Å²) >= 11 is 0. The molecule has 2 heterocycles. The molecule has 8 nitrogen and oxygen atoms in total. The van der Waals surface area contributed by atoms with Gasteiger partial charge in [0.05, 0.1) is 12.2 Å². The molecule has 0 amide bonds. The second-order valence-corrected chi connectivity index (χ2v) is 8.90. The Morgan fingerprint density at radius 3 is 2.76 bits per heavy atom. The molecule has 0 aliphatic heterocycles. The number of fused-ring (bicyclic) bond motifs is 1. The van der Waals surface area contributed by atoms with Crippen LogP contribution in [-0.4, -0.2) is 44.8 Å². The molecule has 2 N–H and O–H groups in total. The third-order valence-corrected chi connectivity index (χ3v) is 6.72. The summed E-state index contributed by atoms with van der Waals surface area (Å²) < 4.78 is 26.4. The van der Waals surface area contributed by atoms with Crippen LogP contribution >= 0.6 is 0 Å². The van der Waals surface area contributed by atoms with E-state index in [1.165, 1.54) is 39.1 Å². The molecule has 1 atom stereocenters. The molecule has 1 fully saturated rings. The second kappa shape index (κ2) is 11.4. The molecule has 0 spiro atoms. The van der Waals surface area contributed by atoms with Crippen LogP contribution in [-0.2, 0) is 20.8 Å². The average Bonchev–Trinajstić information content (AvgIpc) is 3.23. The zero-order valence-corrected chi connectivity index (χ0v) is 19.6. The molecule has 0 aromatic carbocycles. The third-order valence-electron chi connectivity index (χ3n) is 6.72. The zero-order chi connectivity index (χ0) is 23.8. The summed E-state index contributed by atoms with van der Waals surface area (Å²) in [6.07, 6.45) is 15.5. The summed E-state index contributed by atoms with van der Waals surface area (Å²) in [5.74, 6) is 3.02. The maximum atomic E-state index is 13.6. The average molecular weight is 460 g/mol. The molecule has 1 unspecified atom stereocenters. The van der Waals surface area contributed by atoms with Gasteiger partial charge in [0.25, 0.3) is 0 Å². The van der Waals surface area contributed by atoms with Crippen molar-refractivity contribution in [1.29, 1.82) is 0 Å². The first-order chi connectivity index (χ1) is 15.9. The number of aryl methyl sites for hydroxylation is 1. The number of aromatic nitrogens is 4. The molecule has 9 heteroatoms.